The van der Waals surface area contributed by atoms with E-state index in [0.717, 1.165) is 38.5 Å². The average molecular weight is 431 g/mol. The van der Waals surface area contributed by atoms with E-state index >= 15 is 0 Å². The molecule has 0 aliphatic rings. The van der Waals surface area contributed by atoms with Crippen molar-refractivity contribution in [1.29, 1.82) is 5.26 Å². The van der Waals surface area contributed by atoms with Gasteiger partial charge in [0, 0.05) is 0 Å². The second-order valence-corrected chi connectivity index (χ2v) is 7.49. The molecule has 0 bridgehead atoms. The van der Waals surface area contributed by atoms with Crippen molar-refractivity contribution >= 4 is 11.9 Å². The molecule has 0 fully saturated rings. The average Bonchev–Trinajstić information content (AvgIpc) is 2.77. The first kappa shape index (κ1) is 28.4. The van der Waals surface area contributed by atoms with Crippen LogP contribution in [0.2, 0.25) is 0 Å². The number of rotatable bonds is 18. The Balaban J connectivity index is 4.30. The molecule has 172 valence electrons. The topological polar surface area (TPSA) is 80.8 Å². The van der Waals surface area contributed by atoms with Crippen LogP contribution in [0.15, 0.2) is 23.9 Å². The molecule has 6 nitrogen and oxygen atoms in total. The van der Waals surface area contributed by atoms with Crippen LogP contribution >= 0.6 is 0 Å². The van der Waals surface area contributed by atoms with Gasteiger partial charge in [0.25, 0.3) is 5.70 Å². The third kappa shape index (κ3) is 15.8. The monoisotopic (exact) mass is 430 g/mol. The first-order valence-corrected chi connectivity index (χ1v) is 11.6. The van der Waals surface area contributed by atoms with Crippen molar-refractivity contribution in [2.24, 2.45) is 5.92 Å². The third-order valence-corrected chi connectivity index (χ3v) is 4.75. The normalized spacial score (nSPS) is 12.2. The van der Waals surface area contributed by atoms with Crippen LogP contribution < -0.4 is 0 Å². The Kier molecular flexibility index (Phi) is 18.9. The van der Waals surface area contributed by atoms with Gasteiger partial charge in [-0.2, -0.15) is 5.26 Å². The minimum atomic E-state index is -1.07. The van der Waals surface area contributed by atoms with Crippen molar-refractivity contribution in [3.05, 3.63) is 35.3 Å². The molecule has 31 heavy (non-hydrogen) atoms. The summed E-state index contributed by atoms with van der Waals surface area (Å²) in [7, 11) is 0. The fourth-order valence-corrected chi connectivity index (χ4v) is 2.85. The molecule has 0 rings (SSSR count). The molecule has 0 saturated carbocycles. The lowest BCUT2D eigenvalue weighted by Gasteiger charge is -2.06. The van der Waals surface area contributed by atoms with E-state index in [-0.39, 0.29) is 12.3 Å². The maximum Gasteiger partial charge on any atom is 0.336 e. The molecule has 0 N–H and O–H groups in total. The molecule has 6 heteroatoms. The number of hydrogen-bond acceptors (Lipinski definition) is 5. The highest BCUT2D eigenvalue weighted by molar-refractivity contribution is 5.90. The lowest BCUT2D eigenvalue weighted by molar-refractivity contribution is -0.145. The molecule has 0 heterocycles. The molecule has 0 spiro atoms. The Morgan fingerprint density at radius 1 is 0.903 bits per heavy atom. The third-order valence-electron chi connectivity index (χ3n) is 4.75. The fourth-order valence-electron chi connectivity index (χ4n) is 2.85. The van der Waals surface area contributed by atoms with Crippen molar-refractivity contribution in [2.45, 2.75) is 90.9 Å². The summed E-state index contributed by atoms with van der Waals surface area (Å²) < 4.78 is 10.3. The largest absolute Gasteiger partial charge is 0.471 e. The number of esters is 2. The van der Waals surface area contributed by atoms with Crippen molar-refractivity contribution in [3.63, 3.8) is 0 Å². The number of unbranched alkanes of at least 4 members (excludes halogenated alkanes) is 10. The summed E-state index contributed by atoms with van der Waals surface area (Å²) in [6.45, 7) is 12.0. The Morgan fingerprint density at radius 2 is 1.42 bits per heavy atom. The van der Waals surface area contributed by atoms with Gasteiger partial charge in [-0.25, -0.2) is 4.85 Å². The minimum Gasteiger partial charge on any atom is -0.471 e. The van der Waals surface area contributed by atoms with Gasteiger partial charge in [0.2, 0.25) is 0 Å². The molecule has 0 saturated heterocycles. The molecule has 1 atom stereocenters. The van der Waals surface area contributed by atoms with Crippen LogP contribution in [0.5, 0.6) is 0 Å². The van der Waals surface area contributed by atoms with E-state index in [1.807, 2.05) is 6.07 Å². The van der Waals surface area contributed by atoms with E-state index in [1.165, 1.54) is 56.8 Å². The van der Waals surface area contributed by atoms with Crippen LogP contribution in [0.25, 0.3) is 4.85 Å². The number of allylic oxidation sites excluding steroid dienone is 2. The Hall–Kier alpha value is -2.60. The van der Waals surface area contributed by atoms with Gasteiger partial charge in [0.05, 0.1) is 25.9 Å². The van der Waals surface area contributed by atoms with Crippen molar-refractivity contribution in [3.8, 4) is 6.07 Å². The first-order valence-electron chi connectivity index (χ1n) is 11.6. The summed E-state index contributed by atoms with van der Waals surface area (Å²) >= 11 is 0. The van der Waals surface area contributed by atoms with Gasteiger partial charge < -0.3 is 9.47 Å². The first-order chi connectivity index (χ1) is 15.1. The van der Waals surface area contributed by atoms with Crippen LogP contribution in [0, 0.1) is 23.8 Å². The number of hydrogen-bond donors (Lipinski definition) is 0. The minimum absolute atomic E-state index is 0.181. The summed E-state index contributed by atoms with van der Waals surface area (Å²) in [6, 6.07) is 1.87. The zero-order chi connectivity index (χ0) is 23.2. The molecule has 0 aliphatic carbocycles. The van der Waals surface area contributed by atoms with Gasteiger partial charge in [0.1, 0.15) is 0 Å². The maximum absolute atomic E-state index is 12.0. The lowest BCUT2D eigenvalue weighted by Crippen LogP contribution is -2.15. The standard InChI is InChI=1S/C25H38N2O4/c1-4-6-8-10-12-14-19-30-24(28)22(21-26)17-16-18-23(27-3)25(29)31-20-15-13-11-9-7-5-2/h16-18,22H,4-15,19-20H2,1-2H3. The molecule has 0 aliphatic heterocycles. The number of carbonyl (C=O) groups excluding carboxylic acids is 2. The number of nitriles is 1. The summed E-state index contributed by atoms with van der Waals surface area (Å²) in [6.07, 6.45) is 16.9. The zero-order valence-electron chi connectivity index (χ0n) is 19.2. The molecule has 0 amide bonds. The fraction of sp³-hybridized carbons (Fsp3) is 0.680. The van der Waals surface area contributed by atoms with Crippen molar-refractivity contribution in [1.82, 2.24) is 0 Å². The molecule has 1 unspecified atom stereocenters. The SMILES string of the molecule is [C-]#[N+]C(=CC=CC(C#N)C(=O)OCCCCCCCC)C(=O)OCCCCCCCC. The number of nitrogens with zero attached hydrogens (tertiary/aromatic N) is 2. The van der Waals surface area contributed by atoms with E-state index in [0.29, 0.717) is 6.61 Å². The number of ether oxygens (including phenoxy) is 2. The van der Waals surface area contributed by atoms with Gasteiger partial charge >= 0.3 is 11.9 Å². The van der Waals surface area contributed by atoms with Crippen LogP contribution in [0.1, 0.15) is 90.9 Å². The van der Waals surface area contributed by atoms with Gasteiger partial charge in [-0.1, -0.05) is 90.2 Å². The highest BCUT2D eigenvalue weighted by atomic mass is 16.5. The second kappa shape index (κ2) is 20.7. The molecule has 0 aromatic carbocycles. The predicted molar refractivity (Wildman–Crippen MR) is 122 cm³/mol. The van der Waals surface area contributed by atoms with E-state index < -0.39 is 17.9 Å². The van der Waals surface area contributed by atoms with E-state index in [2.05, 4.69) is 18.7 Å². The van der Waals surface area contributed by atoms with Crippen LogP contribution in [-0.2, 0) is 19.1 Å². The van der Waals surface area contributed by atoms with Crippen LogP contribution in [0.3, 0.4) is 0 Å². The highest BCUT2D eigenvalue weighted by Gasteiger charge is 2.16. The van der Waals surface area contributed by atoms with Crippen LogP contribution in [-0.4, -0.2) is 25.2 Å². The highest BCUT2D eigenvalue weighted by Crippen LogP contribution is 2.09. The summed E-state index contributed by atoms with van der Waals surface area (Å²) in [5, 5.41) is 9.17. The quantitative estimate of drug-likeness (QED) is 0.0839. The van der Waals surface area contributed by atoms with Gasteiger partial charge in [-0.05, 0) is 18.9 Å². The lowest BCUT2D eigenvalue weighted by atomic mass is 10.1. The van der Waals surface area contributed by atoms with Gasteiger partial charge in [-0.15, -0.1) is 0 Å². The Bertz CT molecular complexity index is 641. The van der Waals surface area contributed by atoms with E-state index in [1.54, 1.807) is 0 Å². The Morgan fingerprint density at radius 3 is 1.94 bits per heavy atom. The maximum atomic E-state index is 12.0. The van der Waals surface area contributed by atoms with Gasteiger partial charge in [-0.3, -0.25) is 9.59 Å². The summed E-state index contributed by atoms with van der Waals surface area (Å²) in [5.74, 6) is -2.37. The van der Waals surface area contributed by atoms with Gasteiger partial charge in [0.15, 0.2) is 5.92 Å². The molecular weight excluding hydrogens is 392 g/mol. The number of carbonyl (C=O) groups is 2. The Labute approximate surface area is 188 Å². The second-order valence-electron chi connectivity index (χ2n) is 7.49. The predicted octanol–water partition coefficient (Wildman–Crippen LogP) is 6.29. The van der Waals surface area contributed by atoms with Crippen LogP contribution in [0.4, 0.5) is 0 Å². The molecule has 0 radical (unpaired) electrons. The van der Waals surface area contributed by atoms with Crippen molar-refractivity contribution in [2.75, 3.05) is 13.2 Å². The smallest absolute Gasteiger partial charge is 0.336 e. The summed E-state index contributed by atoms with van der Waals surface area (Å²) in [4.78, 5) is 27.1. The van der Waals surface area contributed by atoms with Crippen molar-refractivity contribution < 1.29 is 19.1 Å². The molecular formula is C25H38N2O4. The zero-order valence-corrected chi connectivity index (χ0v) is 19.2. The van der Waals surface area contributed by atoms with E-state index in [9.17, 15) is 14.9 Å². The van der Waals surface area contributed by atoms with E-state index in [4.69, 9.17) is 16.0 Å². The molecule has 0 aromatic heterocycles. The molecule has 0 aromatic rings. The summed E-state index contributed by atoms with van der Waals surface area (Å²) in [5.41, 5.74) is -0.181.